The molecule has 1 aromatic rings. The molecule has 1 aromatic carbocycles. The van der Waals surface area contributed by atoms with Crippen LogP contribution in [0.15, 0.2) is 6.07 Å². The largest absolute Gasteiger partial charge is 0.384 e. The standard InChI is InChI=1S/C7H3Cl4O/c1-3-2-4(8)5(9)6(10)7(3)12-11/h2H,1H2. The Balaban J connectivity index is 3.40. The molecular formula is C7H3Cl4O. The molecule has 0 aliphatic carbocycles. The van der Waals surface area contributed by atoms with Crippen molar-refractivity contribution in [2.24, 2.45) is 0 Å². The second kappa shape index (κ2) is 3.93. The summed E-state index contributed by atoms with van der Waals surface area (Å²) in [6, 6.07) is 1.52. The van der Waals surface area contributed by atoms with Crippen LogP contribution in [0.4, 0.5) is 0 Å². The van der Waals surface area contributed by atoms with E-state index in [1.165, 1.54) is 6.07 Å². The lowest BCUT2D eigenvalue weighted by Gasteiger charge is -2.06. The average Bonchev–Trinajstić information content (AvgIpc) is 2.01. The maximum absolute atomic E-state index is 5.74. The van der Waals surface area contributed by atoms with Crippen LogP contribution in [-0.2, 0) is 0 Å². The molecule has 0 bridgehead atoms. The normalized spacial score (nSPS) is 10.1. The summed E-state index contributed by atoms with van der Waals surface area (Å²) >= 11 is 22.3. The van der Waals surface area contributed by atoms with Crippen molar-refractivity contribution >= 4 is 46.7 Å². The fourth-order valence-electron chi connectivity index (χ4n) is 0.711. The van der Waals surface area contributed by atoms with Crippen LogP contribution in [0.3, 0.4) is 0 Å². The van der Waals surface area contributed by atoms with Crippen LogP contribution in [0.2, 0.25) is 15.1 Å². The van der Waals surface area contributed by atoms with E-state index < -0.39 is 0 Å². The summed E-state index contributed by atoms with van der Waals surface area (Å²) in [4.78, 5) is 0. The molecule has 0 heterocycles. The van der Waals surface area contributed by atoms with Gasteiger partial charge in [0.1, 0.15) is 16.9 Å². The summed E-state index contributed by atoms with van der Waals surface area (Å²) in [5.74, 6) is 0.229. The van der Waals surface area contributed by atoms with Crippen LogP contribution in [0, 0.1) is 6.92 Å². The summed E-state index contributed by atoms with van der Waals surface area (Å²) in [6.45, 7) is 3.62. The van der Waals surface area contributed by atoms with E-state index in [9.17, 15) is 0 Å². The first-order chi connectivity index (χ1) is 5.57. The maximum Gasteiger partial charge on any atom is 0.169 e. The van der Waals surface area contributed by atoms with E-state index in [0.717, 1.165) is 0 Å². The zero-order chi connectivity index (χ0) is 9.30. The molecule has 65 valence electrons. The summed E-state index contributed by atoms with van der Waals surface area (Å²) in [5, 5.41) is 0.703. The summed E-state index contributed by atoms with van der Waals surface area (Å²) < 4.78 is 4.45. The van der Waals surface area contributed by atoms with E-state index in [0.29, 0.717) is 10.6 Å². The fourth-order valence-corrected chi connectivity index (χ4v) is 1.60. The van der Waals surface area contributed by atoms with Crippen LogP contribution >= 0.6 is 46.7 Å². The number of hydrogen-bond acceptors (Lipinski definition) is 1. The smallest absolute Gasteiger partial charge is 0.169 e. The third-order valence-corrected chi connectivity index (χ3v) is 2.67. The Hall–Kier alpha value is 0.180. The molecule has 0 unspecified atom stereocenters. The molecule has 5 heteroatoms. The van der Waals surface area contributed by atoms with Gasteiger partial charge < -0.3 is 4.29 Å². The Morgan fingerprint density at radius 1 is 1.17 bits per heavy atom. The molecule has 12 heavy (non-hydrogen) atoms. The molecule has 0 spiro atoms. The van der Waals surface area contributed by atoms with Crippen molar-refractivity contribution in [1.29, 1.82) is 0 Å². The highest BCUT2D eigenvalue weighted by Gasteiger charge is 2.13. The van der Waals surface area contributed by atoms with Gasteiger partial charge in [-0.05, 0) is 18.6 Å². The van der Waals surface area contributed by atoms with Gasteiger partial charge in [-0.2, -0.15) is 0 Å². The van der Waals surface area contributed by atoms with Crippen molar-refractivity contribution in [2.45, 2.75) is 0 Å². The van der Waals surface area contributed by atoms with Gasteiger partial charge in [0, 0.05) is 0 Å². The van der Waals surface area contributed by atoms with E-state index in [2.05, 4.69) is 11.2 Å². The Morgan fingerprint density at radius 2 is 1.75 bits per heavy atom. The lowest BCUT2D eigenvalue weighted by atomic mass is 10.2. The topological polar surface area (TPSA) is 9.23 Å². The van der Waals surface area contributed by atoms with Crippen molar-refractivity contribution < 1.29 is 4.29 Å². The quantitative estimate of drug-likeness (QED) is 0.667. The first-order valence-electron chi connectivity index (χ1n) is 2.86. The van der Waals surface area contributed by atoms with Gasteiger partial charge in [-0.1, -0.05) is 34.8 Å². The summed E-state index contributed by atoms with van der Waals surface area (Å²) in [5.41, 5.74) is 0.490. The van der Waals surface area contributed by atoms with Gasteiger partial charge in [0.25, 0.3) is 0 Å². The van der Waals surface area contributed by atoms with E-state index in [1.807, 2.05) is 0 Å². The predicted octanol–water partition coefficient (Wildman–Crippen LogP) is 4.36. The zero-order valence-electron chi connectivity index (χ0n) is 5.70. The Bertz CT molecular complexity index is 311. The average molecular weight is 245 g/mol. The molecule has 0 fully saturated rings. The second-order valence-corrected chi connectivity index (χ2v) is 3.37. The molecule has 1 nitrogen and oxygen atoms in total. The Kier molecular flexibility index (Phi) is 3.36. The molecule has 1 radical (unpaired) electrons. The van der Waals surface area contributed by atoms with Crippen LogP contribution in [0.1, 0.15) is 5.56 Å². The number of benzene rings is 1. The van der Waals surface area contributed by atoms with E-state index in [-0.39, 0.29) is 15.8 Å². The molecule has 0 aliphatic rings. The van der Waals surface area contributed by atoms with Crippen molar-refractivity contribution in [3.8, 4) is 5.75 Å². The third kappa shape index (κ3) is 1.74. The van der Waals surface area contributed by atoms with Crippen LogP contribution in [-0.4, -0.2) is 0 Å². The second-order valence-electron chi connectivity index (χ2n) is 2.05. The lowest BCUT2D eigenvalue weighted by Crippen LogP contribution is -1.84. The van der Waals surface area contributed by atoms with Gasteiger partial charge in [-0.15, -0.1) is 0 Å². The molecule has 0 atom stereocenters. The van der Waals surface area contributed by atoms with Gasteiger partial charge in [0.05, 0.1) is 10.0 Å². The lowest BCUT2D eigenvalue weighted by molar-refractivity contribution is 0.616. The van der Waals surface area contributed by atoms with Gasteiger partial charge in [-0.3, -0.25) is 0 Å². The SMILES string of the molecule is [CH2]c1cc(Cl)c(Cl)c(Cl)c1OCl. The van der Waals surface area contributed by atoms with Crippen molar-refractivity contribution in [2.75, 3.05) is 0 Å². The molecule has 0 aliphatic heterocycles. The Morgan fingerprint density at radius 3 is 2.25 bits per heavy atom. The summed E-state index contributed by atoms with van der Waals surface area (Å²) in [7, 11) is 0. The number of rotatable bonds is 1. The van der Waals surface area contributed by atoms with E-state index in [1.54, 1.807) is 0 Å². The predicted molar refractivity (Wildman–Crippen MR) is 52.4 cm³/mol. The van der Waals surface area contributed by atoms with E-state index in [4.69, 9.17) is 46.7 Å². The summed E-state index contributed by atoms with van der Waals surface area (Å²) in [6.07, 6.45) is 0. The van der Waals surface area contributed by atoms with Crippen LogP contribution in [0.25, 0.3) is 0 Å². The molecule has 0 saturated carbocycles. The fraction of sp³-hybridized carbons (Fsp3) is 0. The van der Waals surface area contributed by atoms with Gasteiger partial charge in [-0.25, -0.2) is 0 Å². The van der Waals surface area contributed by atoms with Gasteiger partial charge in [0.2, 0.25) is 0 Å². The minimum absolute atomic E-state index is 0.171. The van der Waals surface area contributed by atoms with Crippen LogP contribution < -0.4 is 4.29 Å². The molecule has 0 N–H and O–H groups in total. The van der Waals surface area contributed by atoms with Crippen molar-refractivity contribution in [1.82, 2.24) is 0 Å². The van der Waals surface area contributed by atoms with Gasteiger partial charge in [0.15, 0.2) is 5.75 Å². The highest BCUT2D eigenvalue weighted by molar-refractivity contribution is 6.48. The first kappa shape index (κ1) is 10.3. The highest BCUT2D eigenvalue weighted by atomic mass is 35.5. The van der Waals surface area contributed by atoms with Crippen LogP contribution in [0.5, 0.6) is 5.75 Å². The van der Waals surface area contributed by atoms with Crippen molar-refractivity contribution in [3.05, 3.63) is 33.6 Å². The zero-order valence-corrected chi connectivity index (χ0v) is 8.73. The molecular weight excluding hydrogens is 242 g/mol. The van der Waals surface area contributed by atoms with Crippen molar-refractivity contribution in [3.63, 3.8) is 0 Å². The molecule has 0 aromatic heterocycles. The number of hydrogen-bond donors (Lipinski definition) is 0. The Labute approximate surface area is 90.3 Å². The maximum atomic E-state index is 5.74. The monoisotopic (exact) mass is 243 g/mol. The highest BCUT2D eigenvalue weighted by Crippen LogP contribution is 2.40. The first-order valence-corrected chi connectivity index (χ1v) is 4.30. The molecule has 0 saturated heterocycles. The van der Waals surface area contributed by atoms with Gasteiger partial charge >= 0.3 is 0 Å². The molecule has 1 rings (SSSR count). The van der Waals surface area contributed by atoms with E-state index >= 15 is 0 Å². The minimum Gasteiger partial charge on any atom is -0.384 e. The third-order valence-electron chi connectivity index (χ3n) is 1.27. The minimum atomic E-state index is 0.171. The number of halogens is 4. The molecule has 0 amide bonds.